The summed E-state index contributed by atoms with van der Waals surface area (Å²) in [4.78, 5) is 12.7. The minimum absolute atomic E-state index is 0.0677. The highest BCUT2D eigenvalue weighted by Crippen LogP contribution is 2.35. The number of fused-ring (bicyclic) bond motifs is 1. The number of nitrogens with one attached hydrogen (secondary N) is 1. The first-order valence-electron chi connectivity index (χ1n) is 9.67. The molecule has 0 unspecified atom stereocenters. The van der Waals surface area contributed by atoms with Crippen molar-refractivity contribution in [3.63, 3.8) is 0 Å². The number of anilines is 1. The minimum Gasteiger partial charge on any atom is -0.497 e. The van der Waals surface area contributed by atoms with Gasteiger partial charge in [-0.1, -0.05) is 12.1 Å². The molecule has 162 valence electrons. The number of amides is 1. The Balaban J connectivity index is 1.63. The van der Waals surface area contributed by atoms with Crippen LogP contribution >= 0.6 is 0 Å². The molecule has 30 heavy (non-hydrogen) atoms. The quantitative estimate of drug-likeness (QED) is 0.685. The zero-order valence-electron chi connectivity index (χ0n) is 17.2. The zero-order chi connectivity index (χ0) is 21.7. The van der Waals surface area contributed by atoms with E-state index in [1.807, 2.05) is 0 Å². The summed E-state index contributed by atoms with van der Waals surface area (Å²) < 4.78 is 42.9. The van der Waals surface area contributed by atoms with Gasteiger partial charge < -0.3 is 19.5 Å². The monoisotopic (exact) mass is 434 g/mol. The van der Waals surface area contributed by atoms with E-state index in [4.69, 9.17) is 14.2 Å². The predicted octanol–water partition coefficient (Wildman–Crippen LogP) is 2.20. The van der Waals surface area contributed by atoms with Crippen LogP contribution in [-0.2, 0) is 14.8 Å². The van der Waals surface area contributed by atoms with Crippen molar-refractivity contribution in [3.8, 4) is 17.2 Å². The topological polar surface area (TPSA) is 94.2 Å². The van der Waals surface area contributed by atoms with Gasteiger partial charge in [0.15, 0.2) is 6.10 Å². The Bertz CT molecular complexity index is 977. The number of ether oxygens (including phenoxy) is 3. The lowest BCUT2D eigenvalue weighted by Gasteiger charge is -2.34. The van der Waals surface area contributed by atoms with Crippen molar-refractivity contribution >= 4 is 21.6 Å². The first kappa shape index (κ1) is 21.8. The van der Waals surface area contributed by atoms with Crippen LogP contribution in [0.25, 0.3) is 0 Å². The molecule has 1 heterocycles. The molecule has 2 atom stereocenters. The Labute approximate surface area is 176 Å². The highest BCUT2D eigenvalue weighted by molar-refractivity contribution is 7.92. The maximum Gasteiger partial charge on any atom is 0.263 e. The SMILES string of the molecule is CCS(=O)(=O)N1C[C@@H](C(=O)N[C@@H](C)COc2ccc(OC)cc2)Oc2ccccc21. The molecule has 9 heteroatoms. The molecule has 0 saturated heterocycles. The molecule has 1 aliphatic heterocycles. The lowest BCUT2D eigenvalue weighted by atomic mass is 10.2. The molecular weight excluding hydrogens is 408 g/mol. The van der Waals surface area contributed by atoms with Gasteiger partial charge in [0, 0.05) is 0 Å². The molecule has 2 aromatic rings. The van der Waals surface area contributed by atoms with E-state index in [1.54, 1.807) is 69.5 Å². The van der Waals surface area contributed by atoms with E-state index in [2.05, 4.69) is 5.32 Å². The first-order valence-corrected chi connectivity index (χ1v) is 11.3. The van der Waals surface area contributed by atoms with Gasteiger partial charge in [-0.15, -0.1) is 0 Å². The predicted molar refractivity (Wildman–Crippen MR) is 114 cm³/mol. The maximum absolute atomic E-state index is 12.7. The molecule has 0 bridgehead atoms. The van der Waals surface area contributed by atoms with Crippen molar-refractivity contribution in [2.24, 2.45) is 0 Å². The fourth-order valence-electron chi connectivity index (χ4n) is 3.03. The molecule has 0 aliphatic carbocycles. The largest absolute Gasteiger partial charge is 0.497 e. The lowest BCUT2D eigenvalue weighted by molar-refractivity contribution is -0.128. The van der Waals surface area contributed by atoms with E-state index in [0.29, 0.717) is 17.2 Å². The third-order valence-corrected chi connectivity index (χ3v) is 6.42. The van der Waals surface area contributed by atoms with Gasteiger partial charge in [0.2, 0.25) is 10.0 Å². The number of para-hydroxylation sites is 2. The highest BCUT2D eigenvalue weighted by Gasteiger charge is 2.36. The van der Waals surface area contributed by atoms with Gasteiger partial charge in [-0.2, -0.15) is 0 Å². The van der Waals surface area contributed by atoms with Gasteiger partial charge in [0.1, 0.15) is 23.9 Å². The van der Waals surface area contributed by atoms with E-state index >= 15 is 0 Å². The summed E-state index contributed by atoms with van der Waals surface area (Å²) in [7, 11) is -1.95. The molecule has 3 rings (SSSR count). The van der Waals surface area contributed by atoms with Crippen LogP contribution in [0.5, 0.6) is 17.2 Å². The Morgan fingerprint density at radius 1 is 1.20 bits per heavy atom. The molecule has 0 saturated carbocycles. The summed E-state index contributed by atoms with van der Waals surface area (Å²) >= 11 is 0. The molecule has 0 spiro atoms. The van der Waals surface area contributed by atoms with Crippen molar-refractivity contribution in [2.75, 3.05) is 30.3 Å². The molecule has 1 aliphatic rings. The van der Waals surface area contributed by atoms with E-state index in [9.17, 15) is 13.2 Å². The van der Waals surface area contributed by atoms with Crippen LogP contribution in [0.2, 0.25) is 0 Å². The molecule has 0 radical (unpaired) electrons. The van der Waals surface area contributed by atoms with Gasteiger partial charge in [-0.25, -0.2) is 8.42 Å². The summed E-state index contributed by atoms with van der Waals surface area (Å²) in [6.45, 7) is 3.54. The second-order valence-electron chi connectivity index (χ2n) is 6.90. The van der Waals surface area contributed by atoms with E-state index in [0.717, 1.165) is 5.75 Å². The third kappa shape index (κ3) is 4.96. The van der Waals surface area contributed by atoms with Gasteiger partial charge in [0.05, 0.1) is 31.1 Å². The fraction of sp³-hybridized carbons (Fsp3) is 0.381. The third-order valence-electron chi connectivity index (χ3n) is 4.68. The Morgan fingerprint density at radius 2 is 1.87 bits per heavy atom. The molecular formula is C21H26N2O6S. The Hall–Kier alpha value is -2.94. The summed E-state index contributed by atoms with van der Waals surface area (Å²) in [5, 5.41) is 2.83. The maximum atomic E-state index is 12.7. The molecule has 1 amide bonds. The van der Waals surface area contributed by atoms with Gasteiger partial charge >= 0.3 is 0 Å². The highest BCUT2D eigenvalue weighted by atomic mass is 32.2. The van der Waals surface area contributed by atoms with Crippen LogP contribution in [0.4, 0.5) is 5.69 Å². The molecule has 1 N–H and O–H groups in total. The van der Waals surface area contributed by atoms with E-state index in [1.165, 1.54) is 4.31 Å². The second kappa shape index (κ2) is 9.25. The van der Waals surface area contributed by atoms with Gasteiger partial charge in [-0.3, -0.25) is 9.10 Å². The van der Waals surface area contributed by atoms with Crippen molar-refractivity contribution < 1.29 is 27.4 Å². The zero-order valence-corrected chi connectivity index (χ0v) is 18.0. The van der Waals surface area contributed by atoms with Crippen LogP contribution in [0, 0.1) is 0 Å². The minimum atomic E-state index is -3.54. The number of hydrogen-bond acceptors (Lipinski definition) is 6. The van der Waals surface area contributed by atoms with Crippen molar-refractivity contribution in [2.45, 2.75) is 26.0 Å². The normalized spacial score (nSPS) is 16.8. The summed E-state index contributed by atoms with van der Waals surface area (Å²) in [5.41, 5.74) is 0.444. The van der Waals surface area contributed by atoms with Crippen LogP contribution in [-0.4, -0.2) is 52.5 Å². The molecule has 0 aromatic heterocycles. The smallest absolute Gasteiger partial charge is 0.263 e. The summed E-state index contributed by atoms with van der Waals surface area (Å²) in [6, 6.07) is 13.6. The number of sulfonamides is 1. The van der Waals surface area contributed by atoms with Gasteiger partial charge in [0.25, 0.3) is 5.91 Å². The number of benzene rings is 2. The number of rotatable bonds is 8. The number of methoxy groups -OCH3 is 1. The molecule has 0 fully saturated rings. The average molecular weight is 435 g/mol. The van der Waals surface area contributed by atoms with Crippen molar-refractivity contribution in [3.05, 3.63) is 48.5 Å². The number of carbonyl (C=O) groups excluding carboxylic acids is 1. The molecule has 2 aromatic carbocycles. The second-order valence-corrected chi connectivity index (χ2v) is 9.08. The number of carbonyl (C=O) groups is 1. The standard InChI is InChI=1S/C21H26N2O6S/c1-4-30(25,26)23-13-20(29-19-8-6-5-7-18(19)23)21(24)22-15(2)14-28-17-11-9-16(27-3)10-12-17/h5-12,15,20H,4,13-14H2,1-3H3,(H,22,24)/t15-,20-/m0/s1. The van der Waals surface area contributed by atoms with Crippen LogP contribution in [0.3, 0.4) is 0 Å². The van der Waals surface area contributed by atoms with Gasteiger partial charge in [-0.05, 0) is 50.2 Å². The van der Waals surface area contributed by atoms with Crippen LogP contribution in [0.15, 0.2) is 48.5 Å². The van der Waals surface area contributed by atoms with Crippen molar-refractivity contribution in [1.29, 1.82) is 0 Å². The molecule has 8 nitrogen and oxygen atoms in total. The summed E-state index contributed by atoms with van der Waals surface area (Å²) in [5.74, 6) is 1.28. The van der Waals surface area contributed by atoms with E-state index < -0.39 is 22.0 Å². The van der Waals surface area contributed by atoms with Crippen molar-refractivity contribution in [1.82, 2.24) is 5.32 Å². The summed E-state index contributed by atoms with van der Waals surface area (Å²) in [6.07, 6.45) is -0.954. The fourth-order valence-corrected chi connectivity index (χ4v) is 4.15. The van der Waals surface area contributed by atoms with E-state index in [-0.39, 0.29) is 24.9 Å². The van der Waals surface area contributed by atoms with Crippen LogP contribution in [0.1, 0.15) is 13.8 Å². The number of nitrogens with zero attached hydrogens (tertiary/aromatic N) is 1. The Morgan fingerprint density at radius 3 is 2.53 bits per heavy atom. The first-order chi connectivity index (χ1) is 14.3. The average Bonchev–Trinajstić information content (AvgIpc) is 2.77. The number of hydrogen-bond donors (Lipinski definition) is 1. The van der Waals surface area contributed by atoms with Crippen LogP contribution < -0.4 is 23.8 Å². The Kier molecular flexibility index (Phi) is 6.71. The lowest BCUT2D eigenvalue weighted by Crippen LogP contribution is -2.53.